The number of carbonyl (C=O) groups is 1. The molecule has 24 heavy (non-hydrogen) atoms. The number of amides is 1. The lowest BCUT2D eigenvalue weighted by Crippen LogP contribution is -2.46. The van der Waals surface area contributed by atoms with Crippen molar-refractivity contribution in [2.45, 2.75) is 38.3 Å². The summed E-state index contributed by atoms with van der Waals surface area (Å²) >= 11 is 0. The van der Waals surface area contributed by atoms with Crippen LogP contribution in [-0.2, 0) is 11.3 Å². The van der Waals surface area contributed by atoms with Crippen LogP contribution in [0.2, 0.25) is 0 Å². The summed E-state index contributed by atoms with van der Waals surface area (Å²) < 4.78 is 2.31. The van der Waals surface area contributed by atoms with E-state index < -0.39 is 0 Å². The van der Waals surface area contributed by atoms with Gasteiger partial charge in [-0.25, -0.2) is 0 Å². The topological polar surface area (TPSA) is 25.2 Å². The van der Waals surface area contributed by atoms with Crippen LogP contribution in [0.4, 0.5) is 0 Å². The SMILES string of the molecule is O=C(C1CC2CCC1C2)N1CCn2cccc2C1c1ccccc1. The summed E-state index contributed by atoms with van der Waals surface area (Å²) in [5.41, 5.74) is 2.48. The highest BCUT2D eigenvalue weighted by molar-refractivity contribution is 5.80. The molecule has 3 heteroatoms. The van der Waals surface area contributed by atoms with E-state index >= 15 is 0 Å². The zero-order valence-corrected chi connectivity index (χ0v) is 14.0. The quantitative estimate of drug-likeness (QED) is 0.825. The highest BCUT2D eigenvalue weighted by Gasteiger charge is 2.46. The molecule has 0 N–H and O–H groups in total. The average molecular weight is 320 g/mol. The Bertz CT molecular complexity index is 750. The maximum absolute atomic E-state index is 13.4. The Hall–Kier alpha value is -2.03. The molecule has 0 saturated heterocycles. The molecule has 1 aromatic heterocycles. The highest BCUT2D eigenvalue weighted by atomic mass is 16.2. The van der Waals surface area contributed by atoms with Crippen molar-refractivity contribution in [3.05, 3.63) is 59.9 Å². The maximum Gasteiger partial charge on any atom is 0.226 e. The molecule has 2 aromatic rings. The van der Waals surface area contributed by atoms with Crippen LogP contribution in [0.15, 0.2) is 48.7 Å². The summed E-state index contributed by atoms with van der Waals surface area (Å²) in [6.45, 7) is 1.74. The van der Waals surface area contributed by atoms with Crippen molar-refractivity contribution >= 4 is 5.91 Å². The third-order valence-corrected chi connectivity index (χ3v) is 6.49. The molecule has 4 atom stereocenters. The van der Waals surface area contributed by atoms with Crippen LogP contribution in [0.25, 0.3) is 0 Å². The van der Waals surface area contributed by atoms with E-state index in [1.807, 2.05) is 6.07 Å². The molecule has 1 aromatic carbocycles. The van der Waals surface area contributed by atoms with Crippen LogP contribution in [0.3, 0.4) is 0 Å². The number of aromatic nitrogens is 1. The standard InChI is InChI=1S/C21H24N2O/c24-21(18-14-15-8-9-17(18)13-15)23-12-11-22-10-4-7-19(22)20(23)16-5-2-1-3-6-16/h1-7,10,15,17-18,20H,8-9,11-14H2. The second-order valence-electron chi connectivity index (χ2n) is 7.75. The van der Waals surface area contributed by atoms with Gasteiger partial charge in [-0.3, -0.25) is 4.79 Å². The molecule has 2 heterocycles. The Morgan fingerprint density at radius 3 is 2.58 bits per heavy atom. The Kier molecular flexibility index (Phi) is 3.29. The van der Waals surface area contributed by atoms with Gasteiger partial charge in [0, 0.05) is 30.9 Å². The lowest BCUT2D eigenvalue weighted by Gasteiger charge is -2.40. The van der Waals surface area contributed by atoms with Gasteiger partial charge < -0.3 is 9.47 Å². The molecule has 0 radical (unpaired) electrons. The zero-order chi connectivity index (χ0) is 16.1. The number of hydrogen-bond acceptors (Lipinski definition) is 1. The summed E-state index contributed by atoms with van der Waals surface area (Å²) in [6, 6.07) is 14.9. The van der Waals surface area contributed by atoms with Gasteiger partial charge in [0.25, 0.3) is 0 Å². The van der Waals surface area contributed by atoms with Gasteiger partial charge in [-0.1, -0.05) is 36.8 Å². The molecule has 124 valence electrons. The second-order valence-corrected chi connectivity index (χ2v) is 7.75. The van der Waals surface area contributed by atoms with E-state index in [2.05, 4.69) is 52.1 Å². The van der Waals surface area contributed by atoms with Gasteiger partial charge in [0.15, 0.2) is 0 Å². The van der Waals surface area contributed by atoms with E-state index in [9.17, 15) is 4.79 Å². The molecule has 1 amide bonds. The molecular weight excluding hydrogens is 296 g/mol. The first-order chi connectivity index (χ1) is 11.8. The second kappa shape index (κ2) is 5.51. The van der Waals surface area contributed by atoms with E-state index in [0.29, 0.717) is 11.8 Å². The highest BCUT2D eigenvalue weighted by Crippen LogP contribution is 2.49. The summed E-state index contributed by atoms with van der Waals surface area (Å²) in [5, 5.41) is 0. The van der Waals surface area contributed by atoms with Crippen molar-refractivity contribution in [3.8, 4) is 0 Å². The fraction of sp³-hybridized carbons (Fsp3) is 0.476. The van der Waals surface area contributed by atoms with E-state index in [0.717, 1.165) is 25.4 Å². The number of rotatable bonds is 2. The molecule has 2 fully saturated rings. The zero-order valence-electron chi connectivity index (χ0n) is 14.0. The van der Waals surface area contributed by atoms with Gasteiger partial charge in [0.05, 0.1) is 6.04 Å². The predicted molar refractivity (Wildman–Crippen MR) is 93.4 cm³/mol. The van der Waals surface area contributed by atoms with Crippen LogP contribution in [0.5, 0.6) is 0 Å². The minimum atomic E-state index is 0.0709. The molecule has 0 spiro atoms. The molecule has 3 aliphatic rings. The Balaban J connectivity index is 1.51. The summed E-state index contributed by atoms with van der Waals surface area (Å²) in [6.07, 6.45) is 7.17. The van der Waals surface area contributed by atoms with E-state index in [-0.39, 0.29) is 12.0 Å². The lowest BCUT2D eigenvalue weighted by atomic mass is 9.86. The summed E-state index contributed by atoms with van der Waals surface area (Å²) in [5.74, 6) is 2.14. The number of benzene rings is 1. The maximum atomic E-state index is 13.4. The molecule has 2 aliphatic carbocycles. The molecular formula is C21H24N2O. The molecule has 2 bridgehead atoms. The van der Waals surface area contributed by atoms with Crippen molar-refractivity contribution in [2.75, 3.05) is 6.54 Å². The van der Waals surface area contributed by atoms with Gasteiger partial charge in [-0.05, 0) is 48.8 Å². The molecule has 2 saturated carbocycles. The average Bonchev–Trinajstić information content (AvgIpc) is 3.36. The van der Waals surface area contributed by atoms with Crippen LogP contribution < -0.4 is 0 Å². The van der Waals surface area contributed by atoms with Crippen molar-refractivity contribution in [1.82, 2.24) is 9.47 Å². The van der Waals surface area contributed by atoms with Crippen molar-refractivity contribution in [3.63, 3.8) is 0 Å². The van der Waals surface area contributed by atoms with Gasteiger partial charge in [0.1, 0.15) is 0 Å². The number of nitrogens with zero attached hydrogens (tertiary/aromatic N) is 2. The van der Waals surface area contributed by atoms with Gasteiger partial charge in [-0.2, -0.15) is 0 Å². The van der Waals surface area contributed by atoms with Gasteiger partial charge in [-0.15, -0.1) is 0 Å². The fourth-order valence-electron chi connectivity index (χ4n) is 5.37. The first-order valence-corrected chi connectivity index (χ1v) is 9.32. The normalized spacial score (nSPS) is 31.2. The Morgan fingerprint density at radius 2 is 1.83 bits per heavy atom. The van der Waals surface area contributed by atoms with Gasteiger partial charge >= 0.3 is 0 Å². The fourth-order valence-corrected chi connectivity index (χ4v) is 5.37. The van der Waals surface area contributed by atoms with Crippen molar-refractivity contribution < 1.29 is 4.79 Å². The minimum Gasteiger partial charge on any atom is -0.348 e. The third-order valence-electron chi connectivity index (χ3n) is 6.49. The number of hydrogen-bond donors (Lipinski definition) is 0. The van der Waals surface area contributed by atoms with Crippen LogP contribution in [-0.4, -0.2) is 21.9 Å². The van der Waals surface area contributed by atoms with Gasteiger partial charge in [0.2, 0.25) is 5.91 Å². The third kappa shape index (κ3) is 2.14. The van der Waals surface area contributed by atoms with Crippen molar-refractivity contribution in [2.24, 2.45) is 17.8 Å². The molecule has 4 unspecified atom stereocenters. The predicted octanol–water partition coefficient (Wildman–Crippen LogP) is 3.86. The monoisotopic (exact) mass is 320 g/mol. The minimum absolute atomic E-state index is 0.0709. The molecule has 5 rings (SSSR count). The van der Waals surface area contributed by atoms with E-state index in [1.165, 1.54) is 30.5 Å². The summed E-state index contributed by atoms with van der Waals surface area (Å²) in [4.78, 5) is 15.6. The smallest absolute Gasteiger partial charge is 0.226 e. The number of fused-ring (bicyclic) bond motifs is 3. The largest absolute Gasteiger partial charge is 0.348 e. The molecule has 1 aliphatic heterocycles. The van der Waals surface area contributed by atoms with Crippen molar-refractivity contribution in [1.29, 1.82) is 0 Å². The Labute approximate surface area is 143 Å². The number of carbonyl (C=O) groups excluding carboxylic acids is 1. The van der Waals surface area contributed by atoms with Crippen LogP contribution in [0, 0.1) is 17.8 Å². The first-order valence-electron chi connectivity index (χ1n) is 9.32. The lowest BCUT2D eigenvalue weighted by molar-refractivity contribution is -0.140. The summed E-state index contributed by atoms with van der Waals surface area (Å²) in [7, 11) is 0. The van der Waals surface area contributed by atoms with E-state index in [4.69, 9.17) is 0 Å². The van der Waals surface area contributed by atoms with Crippen LogP contribution >= 0.6 is 0 Å². The molecule has 3 nitrogen and oxygen atoms in total. The first kappa shape index (κ1) is 14.3. The van der Waals surface area contributed by atoms with Crippen LogP contribution in [0.1, 0.15) is 43.0 Å². The Morgan fingerprint density at radius 1 is 0.958 bits per heavy atom. The van der Waals surface area contributed by atoms with E-state index in [1.54, 1.807) is 0 Å².